The Bertz CT molecular complexity index is 1170. The second kappa shape index (κ2) is 7.28. The number of aromatic nitrogens is 4. The monoisotopic (exact) mass is 475 g/mol. The first-order valence-electron chi connectivity index (χ1n) is 11.0. The number of carbonyl (C=O) groups is 2. The second-order valence-corrected chi connectivity index (χ2v) is 10.6. The molecule has 6 rings (SSSR count). The number of hydrogen-bond acceptors (Lipinski definition) is 6. The number of halogens is 1. The fraction of sp³-hybridized carbons (Fsp3) is 0.619. The fourth-order valence-corrected chi connectivity index (χ4v) is 7.45. The molecule has 2 atom stereocenters. The van der Waals surface area contributed by atoms with Crippen LogP contribution in [-0.2, 0) is 17.4 Å². The van der Waals surface area contributed by atoms with Crippen molar-refractivity contribution in [3.8, 4) is 0 Å². The van der Waals surface area contributed by atoms with Crippen LogP contribution in [0.1, 0.15) is 61.1 Å². The van der Waals surface area contributed by atoms with Crippen LogP contribution in [0.4, 0.5) is 11.5 Å². The van der Waals surface area contributed by atoms with Crippen LogP contribution in [0, 0.1) is 34.3 Å². The third-order valence-electron chi connectivity index (χ3n) is 7.78. The summed E-state index contributed by atoms with van der Waals surface area (Å²) in [6, 6.07) is 0. The first kappa shape index (κ1) is 21.9. The minimum Gasteiger partial charge on any atom is -0.364 e. The smallest absolute Gasteiger partial charge is 0.364 e. The quantitative estimate of drug-likeness (QED) is 0.484. The van der Waals surface area contributed by atoms with Gasteiger partial charge in [-0.25, -0.2) is 0 Å². The molecular formula is C21H26ClN7O4. The van der Waals surface area contributed by atoms with Crippen LogP contribution in [0.15, 0.2) is 6.20 Å². The van der Waals surface area contributed by atoms with E-state index in [2.05, 4.69) is 15.5 Å². The SMILES string of the molecule is Cc1c(Cl)c([N+](=O)[O-])nn1C12CC3CC(CC(CC(=O)Nc4cnn(C)c4C(N)=O)(C3)C1)C2. The maximum Gasteiger partial charge on any atom is 0.408 e. The summed E-state index contributed by atoms with van der Waals surface area (Å²) in [5.74, 6) is -0.303. The van der Waals surface area contributed by atoms with E-state index in [1.54, 1.807) is 18.7 Å². The molecule has 2 unspecified atom stereocenters. The van der Waals surface area contributed by atoms with Crippen LogP contribution in [-0.4, -0.2) is 36.3 Å². The van der Waals surface area contributed by atoms with E-state index < -0.39 is 10.8 Å². The van der Waals surface area contributed by atoms with Gasteiger partial charge >= 0.3 is 5.82 Å². The maximum absolute atomic E-state index is 13.1. The Labute approximate surface area is 194 Å². The number of nitro groups is 1. The summed E-state index contributed by atoms with van der Waals surface area (Å²) in [6.45, 7) is 1.77. The van der Waals surface area contributed by atoms with Crippen LogP contribution >= 0.6 is 11.6 Å². The summed E-state index contributed by atoms with van der Waals surface area (Å²) >= 11 is 6.27. The van der Waals surface area contributed by atoms with E-state index in [1.807, 2.05) is 0 Å². The molecule has 4 aliphatic carbocycles. The lowest BCUT2D eigenvalue weighted by Crippen LogP contribution is -2.57. The van der Waals surface area contributed by atoms with Gasteiger partial charge in [0.15, 0.2) is 5.02 Å². The van der Waals surface area contributed by atoms with Crippen molar-refractivity contribution in [3.05, 3.63) is 32.7 Å². The highest BCUT2D eigenvalue weighted by Gasteiger charge is 2.60. The Hall–Kier alpha value is -2.95. The van der Waals surface area contributed by atoms with E-state index >= 15 is 0 Å². The predicted molar refractivity (Wildman–Crippen MR) is 119 cm³/mol. The van der Waals surface area contributed by atoms with E-state index in [0.29, 0.717) is 36.1 Å². The van der Waals surface area contributed by atoms with Crippen molar-refractivity contribution in [2.24, 2.45) is 30.0 Å². The van der Waals surface area contributed by atoms with E-state index in [-0.39, 0.29) is 33.4 Å². The summed E-state index contributed by atoms with van der Waals surface area (Å²) < 4.78 is 3.12. The number of carbonyl (C=O) groups excluding carboxylic acids is 2. The lowest BCUT2D eigenvalue weighted by atomic mass is 9.46. The van der Waals surface area contributed by atoms with Crippen molar-refractivity contribution in [2.45, 2.75) is 57.4 Å². The molecule has 2 aromatic rings. The van der Waals surface area contributed by atoms with Crippen molar-refractivity contribution in [2.75, 3.05) is 5.32 Å². The van der Waals surface area contributed by atoms with Crippen LogP contribution in [0.2, 0.25) is 5.02 Å². The zero-order valence-corrected chi connectivity index (χ0v) is 19.3. The van der Waals surface area contributed by atoms with E-state index in [4.69, 9.17) is 17.3 Å². The normalized spacial score (nSPS) is 29.9. The molecule has 33 heavy (non-hydrogen) atoms. The fourth-order valence-electron chi connectivity index (χ4n) is 7.26. The second-order valence-electron chi connectivity index (χ2n) is 10.2. The number of amides is 2. The number of hydrogen-bond donors (Lipinski definition) is 2. The van der Waals surface area contributed by atoms with Crippen molar-refractivity contribution >= 4 is 34.9 Å². The minimum absolute atomic E-state index is 0.0816. The van der Waals surface area contributed by atoms with Crippen molar-refractivity contribution in [1.82, 2.24) is 19.6 Å². The molecule has 2 aromatic heterocycles. The Kier molecular flexibility index (Phi) is 4.82. The number of aryl methyl sites for hydroxylation is 1. The van der Waals surface area contributed by atoms with Crippen LogP contribution in [0.25, 0.3) is 0 Å². The number of nitrogens with one attached hydrogen (secondary N) is 1. The Morgan fingerprint density at radius 2 is 2.00 bits per heavy atom. The molecule has 2 amide bonds. The summed E-state index contributed by atoms with van der Waals surface area (Å²) in [5, 5.41) is 22.7. The molecule has 0 spiro atoms. The molecule has 4 fully saturated rings. The average Bonchev–Trinajstić information content (AvgIpc) is 3.20. The summed E-state index contributed by atoms with van der Waals surface area (Å²) in [5.41, 5.74) is 5.89. The minimum atomic E-state index is -0.660. The molecule has 12 heteroatoms. The molecule has 4 bridgehead atoms. The Morgan fingerprint density at radius 1 is 1.33 bits per heavy atom. The van der Waals surface area contributed by atoms with Crippen LogP contribution < -0.4 is 11.1 Å². The van der Waals surface area contributed by atoms with Crippen LogP contribution in [0.5, 0.6) is 0 Å². The number of anilines is 1. The van der Waals surface area contributed by atoms with Gasteiger partial charge in [-0.1, -0.05) is 11.6 Å². The number of primary amides is 1. The number of nitrogens with zero attached hydrogens (tertiary/aromatic N) is 5. The number of rotatable bonds is 6. The van der Waals surface area contributed by atoms with Gasteiger partial charge in [0, 0.05) is 13.5 Å². The first-order chi connectivity index (χ1) is 15.5. The van der Waals surface area contributed by atoms with Gasteiger partial charge in [0.1, 0.15) is 5.69 Å². The molecule has 4 saturated carbocycles. The maximum atomic E-state index is 13.1. The summed E-state index contributed by atoms with van der Waals surface area (Å²) in [4.78, 5) is 35.7. The highest BCUT2D eigenvalue weighted by Crippen LogP contribution is 2.65. The Balaban J connectivity index is 1.43. The third kappa shape index (κ3) is 3.40. The molecule has 0 radical (unpaired) electrons. The van der Waals surface area contributed by atoms with Crippen molar-refractivity contribution in [1.29, 1.82) is 0 Å². The number of nitrogens with two attached hydrogens (primary N) is 1. The molecule has 4 aliphatic rings. The van der Waals surface area contributed by atoms with Crippen LogP contribution in [0.3, 0.4) is 0 Å². The van der Waals surface area contributed by atoms with Gasteiger partial charge < -0.3 is 21.2 Å². The van der Waals surface area contributed by atoms with E-state index in [9.17, 15) is 19.7 Å². The Morgan fingerprint density at radius 3 is 2.58 bits per heavy atom. The highest BCUT2D eigenvalue weighted by molar-refractivity contribution is 6.33. The zero-order valence-electron chi connectivity index (χ0n) is 18.5. The lowest BCUT2D eigenvalue weighted by molar-refractivity contribution is -0.389. The summed E-state index contributed by atoms with van der Waals surface area (Å²) in [7, 11) is 1.59. The molecular weight excluding hydrogens is 450 g/mol. The van der Waals surface area contributed by atoms with E-state index in [0.717, 1.165) is 32.1 Å². The lowest BCUT2D eigenvalue weighted by Gasteiger charge is -2.61. The van der Waals surface area contributed by atoms with Gasteiger partial charge in [-0.3, -0.25) is 14.3 Å². The largest absolute Gasteiger partial charge is 0.408 e. The zero-order chi connectivity index (χ0) is 23.7. The molecule has 0 aliphatic heterocycles. The van der Waals surface area contributed by atoms with Gasteiger partial charge in [0.2, 0.25) is 5.91 Å². The molecule has 0 saturated heterocycles. The topological polar surface area (TPSA) is 151 Å². The van der Waals surface area contributed by atoms with Crippen molar-refractivity contribution < 1.29 is 14.5 Å². The molecule has 2 heterocycles. The van der Waals surface area contributed by atoms with Crippen molar-refractivity contribution in [3.63, 3.8) is 0 Å². The predicted octanol–water partition coefficient (Wildman–Crippen LogP) is 2.91. The van der Waals surface area contributed by atoms with Gasteiger partial charge in [0.05, 0.1) is 28.2 Å². The first-order valence-corrected chi connectivity index (χ1v) is 11.4. The van der Waals surface area contributed by atoms with Gasteiger partial charge in [-0.2, -0.15) is 9.78 Å². The summed E-state index contributed by atoms with van der Waals surface area (Å²) in [6.07, 6.45) is 7.18. The molecule has 176 valence electrons. The van der Waals surface area contributed by atoms with E-state index in [1.165, 1.54) is 10.9 Å². The van der Waals surface area contributed by atoms with Gasteiger partial charge in [-0.05, 0) is 67.6 Å². The standard InChI is InChI=1S/C21H26ClN7O4/c1-11-16(22)19(29(32)33)26-28(11)21-6-12-3-13(7-21)5-20(4-12,10-21)8-15(30)25-14-9-24-27(2)17(14)18(23)31/h9,12-13H,3-8,10H2,1-2H3,(H2,23,31)(H,25,30). The van der Waals surface area contributed by atoms with Gasteiger partial charge in [-0.15, -0.1) is 0 Å². The molecule has 11 nitrogen and oxygen atoms in total. The average molecular weight is 476 g/mol. The third-order valence-corrected chi connectivity index (χ3v) is 8.22. The van der Waals surface area contributed by atoms with Gasteiger partial charge in [0.25, 0.3) is 5.91 Å². The molecule has 3 N–H and O–H groups in total. The highest BCUT2D eigenvalue weighted by atomic mass is 35.5. The molecule has 0 aromatic carbocycles.